The van der Waals surface area contributed by atoms with Crippen LogP contribution in [0.25, 0.3) is 0 Å². The van der Waals surface area contributed by atoms with E-state index in [2.05, 4.69) is 65.1 Å². The molecular formula is C28H43NO. The molecule has 0 aromatic heterocycles. The molecule has 0 radical (unpaired) electrons. The van der Waals surface area contributed by atoms with Gasteiger partial charge >= 0.3 is 0 Å². The summed E-state index contributed by atoms with van der Waals surface area (Å²) in [5.74, 6) is 4.21. The molecule has 1 aromatic carbocycles. The highest BCUT2D eigenvalue weighted by molar-refractivity contribution is 5.96. The Kier molecular flexibility index (Phi) is 5.83. The van der Waals surface area contributed by atoms with E-state index in [1.165, 1.54) is 56.1 Å². The van der Waals surface area contributed by atoms with Crippen LogP contribution in [0.2, 0.25) is 0 Å². The van der Waals surface area contributed by atoms with Crippen molar-refractivity contribution in [1.82, 2.24) is 0 Å². The smallest absolute Gasteiger partial charge is 0.230 e. The van der Waals surface area contributed by atoms with Crippen molar-refractivity contribution < 1.29 is 4.79 Å². The molecule has 0 saturated heterocycles. The highest BCUT2D eigenvalue weighted by atomic mass is 16.2. The van der Waals surface area contributed by atoms with Crippen LogP contribution in [0.1, 0.15) is 90.2 Å². The zero-order chi connectivity index (χ0) is 21.7. The topological polar surface area (TPSA) is 29.1 Å². The average molecular weight is 410 g/mol. The summed E-state index contributed by atoms with van der Waals surface area (Å²) in [6, 6.07) is 6.29. The van der Waals surface area contributed by atoms with Crippen molar-refractivity contribution in [3.05, 3.63) is 29.3 Å². The van der Waals surface area contributed by atoms with Crippen LogP contribution < -0.4 is 5.32 Å². The van der Waals surface area contributed by atoms with Crippen molar-refractivity contribution in [3.63, 3.8) is 0 Å². The summed E-state index contributed by atoms with van der Waals surface area (Å²) >= 11 is 0. The Morgan fingerprint density at radius 3 is 2.40 bits per heavy atom. The van der Waals surface area contributed by atoms with E-state index in [1.807, 2.05) is 0 Å². The molecule has 4 rings (SSSR count). The molecule has 6 atom stereocenters. The van der Waals surface area contributed by atoms with E-state index in [0.717, 1.165) is 35.8 Å². The molecule has 2 nitrogen and oxygen atoms in total. The molecule has 3 aliphatic rings. The monoisotopic (exact) mass is 409 g/mol. The van der Waals surface area contributed by atoms with Crippen molar-refractivity contribution in [2.45, 2.75) is 92.9 Å². The van der Waals surface area contributed by atoms with E-state index in [9.17, 15) is 4.79 Å². The number of rotatable bonds is 3. The molecule has 3 saturated carbocycles. The van der Waals surface area contributed by atoms with Crippen LogP contribution >= 0.6 is 0 Å². The van der Waals surface area contributed by atoms with Gasteiger partial charge in [-0.3, -0.25) is 4.79 Å². The SMILES string of the molecule is Cc1cccc(C)c1NC(=O)[C@]1(C)CCC[C@@]2(C)C1CCC1CC(C(C)C)CC[C@@H]12. The van der Waals surface area contributed by atoms with Crippen molar-refractivity contribution in [1.29, 1.82) is 0 Å². The Bertz CT molecular complexity index is 778. The van der Waals surface area contributed by atoms with Crippen molar-refractivity contribution in [2.24, 2.45) is 40.4 Å². The van der Waals surface area contributed by atoms with E-state index in [1.54, 1.807) is 0 Å². The fourth-order valence-corrected chi connectivity index (χ4v) is 8.02. The second kappa shape index (κ2) is 7.99. The lowest BCUT2D eigenvalue weighted by atomic mass is 9.43. The highest BCUT2D eigenvalue weighted by Gasteiger charge is 2.59. The molecule has 166 valence electrons. The Morgan fingerprint density at radius 2 is 1.73 bits per heavy atom. The molecule has 0 spiro atoms. The van der Waals surface area contributed by atoms with Gasteiger partial charge in [-0.05, 0) is 105 Å². The first-order valence-corrected chi connectivity index (χ1v) is 12.5. The molecule has 1 N–H and O–H groups in total. The third kappa shape index (κ3) is 3.53. The number of hydrogen-bond acceptors (Lipinski definition) is 1. The van der Waals surface area contributed by atoms with Gasteiger partial charge in [-0.15, -0.1) is 0 Å². The van der Waals surface area contributed by atoms with Crippen LogP contribution in [0.4, 0.5) is 5.69 Å². The Hall–Kier alpha value is -1.31. The number of benzene rings is 1. The zero-order valence-corrected chi connectivity index (χ0v) is 20.2. The Balaban J connectivity index is 1.58. The molecule has 0 aliphatic heterocycles. The van der Waals surface area contributed by atoms with Crippen LogP contribution in [0.3, 0.4) is 0 Å². The molecule has 0 bridgehead atoms. The van der Waals surface area contributed by atoms with Crippen LogP contribution in [0.5, 0.6) is 0 Å². The molecular weight excluding hydrogens is 366 g/mol. The van der Waals surface area contributed by atoms with Gasteiger partial charge in [0.05, 0.1) is 5.41 Å². The summed E-state index contributed by atoms with van der Waals surface area (Å²) in [6.07, 6.45) is 10.3. The molecule has 3 unspecified atom stereocenters. The molecule has 0 heterocycles. The van der Waals surface area contributed by atoms with Gasteiger partial charge in [-0.1, -0.05) is 52.3 Å². The van der Waals surface area contributed by atoms with E-state index in [-0.39, 0.29) is 11.3 Å². The maximum Gasteiger partial charge on any atom is 0.230 e. The number of para-hydroxylation sites is 1. The van der Waals surface area contributed by atoms with Gasteiger partial charge in [0.25, 0.3) is 0 Å². The van der Waals surface area contributed by atoms with E-state index >= 15 is 0 Å². The number of amides is 1. The van der Waals surface area contributed by atoms with Crippen LogP contribution in [0, 0.1) is 54.3 Å². The number of carbonyl (C=O) groups excluding carboxylic acids is 1. The van der Waals surface area contributed by atoms with Crippen LogP contribution in [-0.4, -0.2) is 5.91 Å². The number of fused-ring (bicyclic) bond motifs is 3. The molecule has 3 fully saturated rings. The number of hydrogen-bond donors (Lipinski definition) is 1. The summed E-state index contributed by atoms with van der Waals surface area (Å²) in [7, 11) is 0. The quantitative estimate of drug-likeness (QED) is 0.549. The van der Waals surface area contributed by atoms with E-state index in [0.29, 0.717) is 11.3 Å². The van der Waals surface area contributed by atoms with Crippen LogP contribution in [0.15, 0.2) is 18.2 Å². The average Bonchev–Trinajstić information content (AvgIpc) is 2.70. The fraction of sp³-hybridized carbons (Fsp3) is 0.750. The van der Waals surface area contributed by atoms with E-state index < -0.39 is 0 Å². The summed E-state index contributed by atoms with van der Waals surface area (Å²) in [5.41, 5.74) is 3.45. The molecule has 3 aliphatic carbocycles. The predicted molar refractivity (Wildman–Crippen MR) is 126 cm³/mol. The molecule has 1 amide bonds. The summed E-state index contributed by atoms with van der Waals surface area (Å²) in [6.45, 7) is 13.9. The standard InChI is InChI=1S/C28H43NO/c1-18(2)21-11-13-23-22(17-21)12-14-24-27(23,5)15-8-16-28(24,6)26(30)29-25-19(3)9-7-10-20(25)4/h7,9-10,18,21-24H,8,11-17H2,1-6H3,(H,29,30)/t21?,22?,23-,24?,27+,28+/m0/s1. The summed E-state index contributed by atoms with van der Waals surface area (Å²) < 4.78 is 0. The first-order valence-electron chi connectivity index (χ1n) is 12.5. The van der Waals surface area contributed by atoms with Crippen molar-refractivity contribution in [2.75, 3.05) is 5.32 Å². The van der Waals surface area contributed by atoms with Gasteiger partial charge in [0.15, 0.2) is 0 Å². The number of anilines is 1. The fourth-order valence-electron chi connectivity index (χ4n) is 8.02. The van der Waals surface area contributed by atoms with Crippen molar-refractivity contribution in [3.8, 4) is 0 Å². The van der Waals surface area contributed by atoms with Gasteiger partial charge < -0.3 is 5.32 Å². The minimum atomic E-state index is -0.248. The van der Waals surface area contributed by atoms with Gasteiger partial charge in [0.1, 0.15) is 0 Å². The minimum Gasteiger partial charge on any atom is -0.325 e. The maximum absolute atomic E-state index is 13.8. The van der Waals surface area contributed by atoms with E-state index in [4.69, 9.17) is 0 Å². The molecule has 2 heteroatoms. The summed E-state index contributed by atoms with van der Waals surface area (Å²) in [4.78, 5) is 13.8. The Labute approximate surface area is 184 Å². The lowest BCUT2D eigenvalue weighted by Crippen LogP contribution is -2.57. The third-order valence-corrected chi connectivity index (χ3v) is 9.85. The lowest BCUT2D eigenvalue weighted by Gasteiger charge is -2.61. The second-order valence-corrected chi connectivity index (χ2v) is 11.8. The van der Waals surface area contributed by atoms with Gasteiger partial charge in [0.2, 0.25) is 5.91 Å². The van der Waals surface area contributed by atoms with Gasteiger partial charge in [-0.25, -0.2) is 0 Å². The highest BCUT2D eigenvalue weighted by Crippen LogP contribution is 2.64. The van der Waals surface area contributed by atoms with Crippen molar-refractivity contribution >= 4 is 11.6 Å². The normalized spacial score (nSPS) is 38.6. The van der Waals surface area contributed by atoms with Gasteiger partial charge in [-0.2, -0.15) is 0 Å². The number of nitrogens with one attached hydrogen (secondary N) is 1. The molecule has 1 aromatic rings. The first kappa shape index (κ1) is 21.9. The third-order valence-electron chi connectivity index (χ3n) is 9.85. The number of aryl methyl sites for hydroxylation is 2. The summed E-state index contributed by atoms with van der Waals surface area (Å²) in [5, 5.41) is 3.39. The lowest BCUT2D eigenvalue weighted by molar-refractivity contribution is -0.152. The maximum atomic E-state index is 13.8. The number of carbonyl (C=O) groups is 1. The molecule has 30 heavy (non-hydrogen) atoms. The minimum absolute atomic E-state index is 0.248. The first-order chi connectivity index (χ1) is 14.2. The van der Waals surface area contributed by atoms with Gasteiger partial charge in [0, 0.05) is 5.69 Å². The largest absolute Gasteiger partial charge is 0.325 e. The zero-order valence-electron chi connectivity index (χ0n) is 20.2. The van der Waals surface area contributed by atoms with Crippen LogP contribution in [-0.2, 0) is 4.79 Å². The predicted octanol–water partition coefficient (Wildman–Crippen LogP) is 7.54. The Morgan fingerprint density at radius 1 is 1.03 bits per heavy atom. The second-order valence-electron chi connectivity index (χ2n) is 11.8.